The summed E-state index contributed by atoms with van der Waals surface area (Å²) >= 11 is 1.07. The van der Waals surface area contributed by atoms with Crippen molar-refractivity contribution in [2.24, 2.45) is 0 Å². The van der Waals surface area contributed by atoms with Crippen LogP contribution in [0.3, 0.4) is 0 Å². The molecule has 3 atom stereocenters. The molecule has 0 saturated heterocycles. The Morgan fingerprint density at radius 2 is 1.88 bits per heavy atom. The predicted molar refractivity (Wildman–Crippen MR) is 182 cm³/mol. The Bertz CT molecular complexity index is 1080. The Balaban J connectivity index is 0.00000138. The molecule has 2 aromatic rings. The molecular formula is C30H51FN5O2PS2. The number of anilines is 2. The molecule has 41 heavy (non-hydrogen) atoms. The second kappa shape index (κ2) is 23.6. The zero-order valence-electron chi connectivity index (χ0n) is 25.8. The summed E-state index contributed by atoms with van der Waals surface area (Å²) in [6, 6.07) is 4.42. The number of rotatable bonds is 16. The summed E-state index contributed by atoms with van der Waals surface area (Å²) in [4.78, 5) is 17.3. The molecule has 0 spiro atoms. The topological polar surface area (TPSA) is 109 Å². The first kappa shape index (κ1) is 39.0. The average molecular weight is 628 g/mol. The molecule has 3 unspecified atom stereocenters. The number of unbranched alkanes of at least 4 members (excludes halogenated alkanes) is 2. The van der Waals surface area contributed by atoms with Crippen LogP contribution < -0.4 is 26.4 Å². The molecule has 2 rings (SSSR count). The molecule has 0 aliphatic rings. The maximum Gasteiger partial charge on any atom is 0.210 e. The number of carbonyl (C=O) groups excluding carboxylic acids is 1. The molecule has 11 heteroatoms. The van der Waals surface area contributed by atoms with Gasteiger partial charge in [0.1, 0.15) is 16.5 Å². The number of benzene rings is 1. The standard InChI is InChI=1S/C21H28FN4O2PS2.C7H17N.C2H6/c1-4-7-14(11-10-13(3)31(28)24-12-5-2)25-21-26-20(23)19(30-21)18(27)17-15(22)8-6-9-16(17)29;1-3-5-6-7-8-4-2;1-2/h6-11,13,24H,4-5,12,23,29H2,1-3H3,(H,25,26);8H,3-7H2,1-2H3;1-2H3/b11-10-,14-7+;;. The van der Waals surface area contributed by atoms with Gasteiger partial charge in [-0.1, -0.05) is 90.0 Å². The van der Waals surface area contributed by atoms with Crippen molar-refractivity contribution in [2.75, 3.05) is 30.7 Å². The number of ketones is 1. The first-order chi connectivity index (χ1) is 19.7. The Kier molecular flexibility index (Phi) is 22.4. The van der Waals surface area contributed by atoms with E-state index < -0.39 is 22.6 Å². The van der Waals surface area contributed by atoms with Gasteiger partial charge in [0.15, 0.2) is 5.13 Å². The molecule has 0 radical (unpaired) electrons. The fraction of sp³-hybridized carbons (Fsp3) is 0.533. The first-order valence-electron chi connectivity index (χ1n) is 14.5. The van der Waals surface area contributed by atoms with Gasteiger partial charge in [0.25, 0.3) is 0 Å². The summed E-state index contributed by atoms with van der Waals surface area (Å²) in [7, 11) is 1.19. The number of hydrogen-bond donors (Lipinski definition) is 4. The van der Waals surface area contributed by atoms with Crippen molar-refractivity contribution >= 4 is 53.6 Å². The number of aromatic nitrogens is 1. The van der Waals surface area contributed by atoms with Gasteiger partial charge in [0, 0.05) is 12.2 Å². The van der Waals surface area contributed by atoms with E-state index >= 15 is 0 Å². The lowest BCUT2D eigenvalue weighted by Crippen LogP contribution is -2.25. The zero-order valence-corrected chi connectivity index (χ0v) is 28.6. The monoisotopic (exact) mass is 627 g/mol. The highest BCUT2D eigenvalue weighted by atomic mass is 32.2. The first-order valence-corrected chi connectivity index (χ1v) is 17.2. The number of carbonyl (C=O) groups is 1. The van der Waals surface area contributed by atoms with Gasteiger partial charge in [-0.2, -0.15) is 0 Å². The van der Waals surface area contributed by atoms with E-state index in [0.717, 1.165) is 36.4 Å². The summed E-state index contributed by atoms with van der Waals surface area (Å²) in [6.45, 7) is 17.2. The van der Waals surface area contributed by atoms with Crippen molar-refractivity contribution in [1.82, 2.24) is 15.0 Å². The number of allylic oxidation sites excluding steroid dienone is 2. The Morgan fingerprint density at radius 3 is 2.46 bits per heavy atom. The van der Waals surface area contributed by atoms with E-state index in [4.69, 9.17) is 5.73 Å². The van der Waals surface area contributed by atoms with E-state index in [0.29, 0.717) is 17.0 Å². The molecule has 1 heterocycles. The molecule has 0 amide bonds. The van der Waals surface area contributed by atoms with Crippen LogP contribution in [0.4, 0.5) is 15.3 Å². The highest BCUT2D eigenvalue weighted by Gasteiger charge is 2.22. The molecule has 1 aromatic heterocycles. The minimum Gasteiger partial charge on any atom is -0.382 e. The van der Waals surface area contributed by atoms with E-state index in [2.05, 4.69) is 43.4 Å². The van der Waals surface area contributed by atoms with Crippen LogP contribution in [0.5, 0.6) is 0 Å². The molecular weight excluding hydrogens is 576 g/mol. The van der Waals surface area contributed by atoms with Crippen molar-refractivity contribution in [3.8, 4) is 0 Å². The minimum absolute atomic E-state index is 0.0329. The van der Waals surface area contributed by atoms with Crippen molar-refractivity contribution in [3.05, 3.63) is 58.4 Å². The van der Waals surface area contributed by atoms with Crippen molar-refractivity contribution in [3.63, 3.8) is 0 Å². The fourth-order valence-corrected chi connectivity index (χ4v) is 5.39. The SMILES string of the molecule is CC.CC/C=C(\C=C/C(C)S(=O)NCCC)Nc1nc(N)c(C(=O)c2c(F)cccc2P)s1.CCCCCNCC. The largest absolute Gasteiger partial charge is 0.382 e. The van der Waals surface area contributed by atoms with E-state index in [-0.39, 0.29) is 21.5 Å². The second-order valence-electron chi connectivity index (χ2n) is 8.78. The van der Waals surface area contributed by atoms with Gasteiger partial charge in [-0.15, -0.1) is 9.24 Å². The third kappa shape index (κ3) is 15.2. The molecule has 5 N–H and O–H groups in total. The smallest absolute Gasteiger partial charge is 0.210 e. The molecule has 0 saturated carbocycles. The molecule has 0 fully saturated rings. The van der Waals surface area contributed by atoms with Crippen molar-refractivity contribution in [1.29, 1.82) is 0 Å². The van der Waals surface area contributed by atoms with Gasteiger partial charge in [0.05, 0.1) is 21.8 Å². The maximum atomic E-state index is 14.2. The van der Waals surface area contributed by atoms with E-state index in [9.17, 15) is 13.4 Å². The third-order valence-corrected chi connectivity index (χ3v) is 8.18. The van der Waals surface area contributed by atoms with Gasteiger partial charge in [0.2, 0.25) is 5.78 Å². The average Bonchev–Trinajstić information content (AvgIpc) is 3.33. The number of nitrogen functional groups attached to an aromatic ring is 1. The Labute approximate surface area is 256 Å². The van der Waals surface area contributed by atoms with Gasteiger partial charge < -0.3 is 16.4 Å². The second-order valence-corrected chi connectivity index (χ2v) is 12.0. The molecule has 0 aliphatic carbocycles. The normalized spacial score (nSPS) is 12.7. The van der Waals surface area contributed by atoms with Crippen molar-refractivity contribution in [2.45, 2.75) is 85.8 Å². The van der Waals surface area contributed by atoms with Gasteiger partial charge >= 0.3 is 0 Å². The fourth-order valence-electron chi connectivity index (χ4n) is 3.27. The summed E-state index contributed by atoms with van der Waals surface area (Å²) < 4.78 is 29.3. The molecule has 7 nitrogen and oxygen atoms in total. The highest BCUT2D eigenvalue weighted by molar-refractivity contribution is 7.83. The minimum atomic E-state index is -1.17. The lowest BCUT2D eigenvalue weighted by Gasteiger charge is -2.08. The number of hydrogen-bond acceptors (Lipinski definition) is 7. The number of nitrogens with zero attached hydrogens (tertiary/aromatic N) is 1. The molecule has 0 bridgehead atoms. The summed E-state index contributed by atoms with van der Waals surface area (Å²) in [5, 5.41) is 7.12. The van der Waals surface area contributed by atoms with Gasteiger partial charge in [-0.25, -0.2) is 18.3 Å². The lowest BCUT2D eigenvalue weighted by atomic mass is 10.1. The zero-order chi connectivity index (χ0) is 31.2. The molecule has 1 aromatic carbocycles. The van der Waals surface area contributed by atoms with Crippen LogP contribution in [0.15, 0.2) is 42.1 Å². The lowest BCUT2D eigenvalue weighted by molar-refractivity contribution is 0.104. The molecule has 0 aliphatic heterocycles. The number of thiazole rings is 1. The predicted octanol–water partition coefficient (Wildman–Crippen LogP) is 6.72. The Morgan fingerprint density at radius 1 is 1.17 bits per heavy atom. The summed E-state index contributed by atoms with van der Waals surface area (Å²) in [5.41, 5.74) is 6.67. The summed E-state index contributed by atoms with van der Waals surface area (Å²) in [5.74, 6) is -1.06. The van der Waals surface area contributed by atoms with Crippen LogP contribution in [-0.4, -0.2) is 39.9 Å². The highest BCUT2D eigenvalue weighted by Crippen LogP contribution is 2.29. The van der Waals surface area contributed by atoms with Crippen molar-refractivity contribution < 1.29 is 13.4 Å². The molecule has 232 valence electrons. The van der Waals surface area contributed by atoms with E-state index in [1.54, 1.807) is 6.07 Å². The van der Waals surface area contributed by atoms with E-state index in [1.807, 2.05) is 52.8 Å². The number of nitrogens with one attached hydrogen (secondary N) is 3. The van der Waals surface area contributed by atoms with E-state index in [1.165, 1.54) is 37.9 Å². The quantitative estimate of drug-likeness (QED) is 0.0712. The number of halogens is 1. The van der Waals surface area contributed by atoms with Crippen LogP contribution in [0, 0.1) is 5.82 Å². The third-order valence-electron chi connectivity index (χ3n) is 5.39. The van der Waals surface area contributed by atoms with Crippen LogP contribution in [0.25, 0.3) is 0 Å². The van der Waals surface area contributed by atoms with Crippen LogP contribution in [-0.2, 0) is 11.0 Å². The van der Waals surface area contributed by atoms with Gasteiger partial charge in [-0.3, -0.25) is 4.79 Å². The number of nitrogens with two attached hydrogens (primary N) is 1. The Hall–Kier alpha value is -1.97. The van der Waals surface area contributed by atoms with Crippen LogP contribution in [0.2, 0.25) is 0 Å². The summed E-state index contributed by atoms with van der Waals surface area (Å²) in [6.07, 6.45) is 11.3. The van der Waals surface area contributed by atoms with Gasteiger partial charge in [-0.05, 0) is 56.7 Å². The maximum absolute atomic E-state index is 14.2. The van der Waals surface area contributed by atoms with Crippen LogP contribution in [0.1, 0.15) is 95.8 Å². The van der Waals surface area contributed by atoms with Crippen LogP contribution >= 0.6 is 20.6 Å².